The van der Waals surface area contributed by atoms with Crippen molar-refractivity contribution in [1.29, 1.82) is 0 Å². The molecule has 1 N–H and O–H groups in total. The SMILES string of the molecule is C=CC(=C)N1CCOc2ccc(Nc3nc(Cl)ncc3C(C)=O)cc21. The van der Waals surface area contributed by atoms with Gasteiger partial charge in [-0.2, -0.15) is 4.98 Å². The number of halogens is 1. The normalized spacial score (nSPS) is 12.8. The van der Waals surface area contributed by atoms with Crippen LogP contribution < -0.4 is 15.0 Å². The molecule has 0 unspecified atom stereocenters. The number of Topliss-reactive ketones (excluding diaryl/α,β-unsaturated/α-hetero) is 1. The summed E-state index contributed by atoms with van der Waals surface area (Å²) in [5, 5.41) is 3.19. The summed E-state index contributed by atoms with van der Waals surface area (Å²) >= 11 is 5.86. The standard InChI is InChI=1S/C18H17ClN4O2/c1-4-11(2)23-7-8-25-16-6-5-13(9-15(16)23)21-17-14(12(3)24)10-20-18(19)22-17/h4-6,9-10H,1-2,7-8H2,3H3,(H,20,21,22). The van der Waals surface area contributed by atoms with E-state index in [-0.39, 0.29) is 11.1 Å². The lowest BCUT2D eigenvalue weighted by Gasteiger charge is -2.31. The van der Waals surface area contributed by atoms with Crippen molar-refractivity contribution < 1.29 is 9.53 Å². The summed E-state index contributed by atoms with van der Waals surface area (Å²) in [6.45, 7) is 10.5. The van der Waals surface area contributed by atoms with Crippen LogP contribution in [0.5, 0.6) is 5.75 Å². The molecule has 6 nitrogen and oxygen atoms in total. The van der Waals surface area contributed by atoms with Gasteiger partial charge in [0.25, 0.3) is 0 Å². The third-order valence-corrected chi connectivity index (χ3v) is 3.99. The Morgan fingerprint density at radius 2 is 2.28 bits per heavy atom. The molecule has 3 rings (SSSR count). The van der Waals surface area contributed by atoms with Crippen LogP contribution in [0, 0.1) is 0 Å². The van der Waals surface area contributed by atoms with Gasteiger partial charge in [0.05, 0.1) is 17.8 Å². The van der Waals surface area contributed by atoms with Gasteiger partial charge in [0.15, 0.2) is 5.78 Å². The molecule has 0 bridgehead atoms. The number of fused-ring (bicyclic) bond motifs is 1. The smallest absolute Gasteiger partial charge is 0.224 e. The summed E-state index contributed by atoms with van der Waals surface area (Å²) in [5.41, 5.74) is 2.76. The van der Waals surface area contributed by atoms with E-state index in [2.05, 4.69) is 28.4 Å². The van der Waals surface area contributed by atoms with Gasteiger partial charge in [-0.1, -0.05) is 13.2 Å². The Morgan fingerprint density at radius 1 is 1.48 bits per heavy atom. The number of nitrogens with zero attached hydrogens (tertiary/aromatic N) is 3. The highest BCUT2D eigenvalue weighted by Gasteiger charge is 2.20. The number of aromatic nitrogens is 2. The molecule has 0 spiro atoms. The molecule has 7 heteroatoms. The third-order valence-electron chi connectivity index (χ3n) is 3.81. The summed E-state index contributed by atoms with van der Waals surface area (Å²) in [5.74, 6) is 0.965. The van der Waals surface area contributed by atoms with E-state index in [1.807, 2.05) is 23.1 Å². The van der Waals surface area contributed by atoms with Crippen LogP contribution in [0.1, 0.15) is 17.3 Å². The van der Waals surface area contributed by atoms with Crippen molar-refractivity contribution in [3.63, 3.8) is 0 Å². The van der Waals surface area contributed by atoms with Crippen molar-refractivity contribution in [3.8, 4) is 5.75 Å². The van der Waals surface area contributed by atoms with Crippen LogP contribution in [0.3, 0.4) is 0 Å². The molecular weight excluding hydrogens is 340 g/mol. The highest BCUT2D eigenvalue weighted by Crippen LogP contribution is 2.37. The topological polar surface area (TPSA) is 67.3 Å². The molecule has 0 saturated heterocycles. The van der Waals surface area contributed by atoms with Crippen LogP contribution in [-0.4, -0.2) is 28.9 Å². The van der Waals surface area contributed by atoms with Crippen LogP contribution in [0.4, 0.5) is 17.2 Å². The average Bonchev–Trinajstić information content (AvgIpc) is 2.60. The number of hydrogen-bond acceptors (Lipinski definition) is 6. The van der Waals surface area contributed by atoms with Crippen LogP contribution in [-0.2, 0) is 0 Å². The van der Waals surface area contributed by atoms with E-state index in [1.54, 1.807) is 6.08 Å². The first kappa shape index (κ1) is 17.0. The van der Waals surface area contributed by atoms with E-state index < -0.39 is 0 Å². The fourth-order valence-corrected chi connectivity index (χ4v) is 2.69. The molecule has 1 aliphatic rings. The summed E-state index contributed by atoms with van der Waals surface area (Å²) in [6.07, 6.45) is 3.11. The summed E-state index contributed by atoms with van der Waals surface area (Å²) < 4.78 is 5.69. The van der Waals surface area contributed by atoms with E-state index in [0.29, 0.717) is 24.5 Å². The Labute approximate surface area is 150 Å². The van der Waals surface area contributed by atoms with Crippen LogP contribution in [0.15, 0.2) is 49.3 Å². The number of hydrogen-bond donors (Lipinski definition) is 1. The van der Waals surface area contributed by atoms with E-state index >= 15 is 0 Å². The number of carbonyl (C=O) groups is 1. The first-order chi connectivity index (χ1) is 12.0. The second-order valence-electron chi connectivity index (χ2n) is 5.46. The zero-order valence-electron chi connectivity index (χ0n) is 13.8. The van der Waals surface area contributed by atoms with E-state index in [0.717, 1.165) is 22.8 Å². The number of allylic oxidation sites excluding steroid dienone is 1. The van der Waals surface area contributed by atoms with Crippen molar-refractivity contribution in [1.82, 2.24) is 9.97 Å². The molecular formula is C18H17ClN4O2. The average molecular weight is 357 g/mol. The van der Waals surface area contributed by atoms with Crippen LogP contribution in [0.25, 0.3) is 0 Å². The van der Waals surface area contributed by atoms with Crippen molar-refractivity contribution in [2.45, 2.75) is 6.92 Å². The van der Waals surface area contributed by atoms with Crippen LogP contribution in [0.2, 0.25) is 5.28 Å². The molecule has 1 aliphatic heterocycles. The van der Waals surface area contributed by atoms with Crippen LogP contribution >= 0.6 is 11.6 Å². The molecule has 0 amide bonds. The molecule has 2 heterocycles. The number of rotatable bonds is 5. The van der Waals surface area contributed by atoms with Gasteiger partial charge in [-0.3, -0.25) is 4.79 Å². The van der Waals surface area contributed by atoms with Gasteiger partial charge in [-0.15, -0.1) is 0 Å². The van der Waals surface area contributed by atoms with E-state index in [4.69, 9.17) is 16.3 Å². The van der Waals surface area contributed by atoms with Gasteiger partial charge >= 0.3 is 0 Å². The van der Waals surface area contributed by atoms with E-state index in [9.17, 15) is 4.79 Å². The molecule has 0 aliphatic carbocycles. The quantitative estimate of drug-likeness (QED) is 0.496. The third kappa shape index (κ3) is 3.49. The lowest BCUT2D eigenvalue weighted by Crippen LogP contribution is -2.31. The molecule has 0 saturated carbocycles. The second-order valence-corrected chi connectivity index (χ2v) is 5.80. The highest BCUT2D eigenvalue weighted by atomic mass is 35.5. The van der Waals surface area contributed by atoms with Gasteiger partial charge in [0, 0.05) is 17.6 Å². The molecule has 2 aromatic rings. The molecule has 1 aromatic heterocycles. The van der Waals surface area contributed by atoms with Gasteiger partial charge in [-0.25, -0.2) is 4.98 Å². The largest absolute Gasteiger partial charge is 0.490 e. The van der Waals surface area contributed by atoms with Gasteiger partial charge in [0.1, 0.15) is 18.2 Å². The van der Waals surface area contributed by atoms with Gasteiger partial charge in [0.2, 0.25) is 5.28 Å². The number of ketones is 1. The molecule has 128 valence electrons. The first-order valence-corrected chi connectivity index (χ1v) is 8.03. The molecule has 1 aromatic carbocycles. The zero-order chi connectivity index (χ0) is 18.0. The maximum atomic E-state index is 11.8. The predicted molar refractivity (Wildman–Crippen MR) is 98.9 cm³/mol. The first-order valence-electron chi connectivity index (χ1n) is 7.66. The Bertz CT molecular complexity index is 866. The maximum absolute atomic E-state index is 11.8. The zero-order valence-corrected chi connectivity index (χ0v) is 14.5. The molecule has 0 atom stereocenters. The van der Waals surface area contributed by atoms with Crippen molar-refractivity contribution in [2.24, 2.45) is 0 Å². The lowest BCUT2D eigenvalue weighted by atomic mass is 10.1. The Balaban J connectivity index is 1.98. The Hall–Kier alpha value is -2.86. The fraction of sp³-hybridized carbons (Fsp3) is 0.167. The second kappa shape index (κ2) is 6.94. The number of carbonyl (C=O) groups excluding carboxylic acids is 1. The minimum Gasteiger partial charge on any atom is -0.490 e. The van der Waals surface area contributed by atoms with Gasteiger partial charge in [-0.05, 0) is 42.8 Å². The van der Waals surface area contributed by atoms with Gasteiger partial charge < -0.3 is 15.0 Å². The predicted octanol–water partition coefficient (Wildman–Crippen LogP) is 3.97. The Morgan fingerprint density at radius 3 is 3.00 bits per heavy atom. The van der Waals surface area contributed by atoms with Crippen molar-refractivity contribution in [2.75, 3.05) is 23.4 Å². The van der Waals surface area contributed by atoms with Crippen molar-refractivity contribution >= 4 is 34.6 Å². The number of nitrogens with one attached hydrogen (secondary N) is 1. The number of anilines is 3. The fourth-order valence-electron chi connectivity index (χ4n) is 2.55. The summed E-state index contributed by atoms with van der Waals surface area (Å²) in [4.78, 5) is 21.8. The number of benzene rings is 1. The highest BCUT2D eigenvalue weighted by molar-refractivity contribution is 6.28. The maximum Gasteiger partial charge on any atom is 0.224 e. The monoisotopic (exact) mass is 356 g/mol. The minimum atomic E-state index is -0.151. The van der Waals surface area contributed by atoms with E-state index in [1.165, 1.54) is 13.1 Å². The number of ether oxygens (including phenoxy) is 1. The lowest BCUT2D eigenvalue weighted by molar-refractivity contribution is 0.101. The summed E-state index contributed by atoms with van der Waals surface area (Å²) in [7, 11) is 0. The Kier molecular flexibility index (Phi) is 4.72. The summed E-state index contributed by atoms with van der Waals surface area (Å²) in [6, 6.07) is 5.61. The minimum absolute atomic E-state index is 0.0652. The molecule has 0 radical (unpaired) electrons. The van der Waals surface area contributed by atoms with Crippen molar-refractivity contribution in [3.05, 3.63) is 60.2 Å². The molecule has 25 heavy (non-hydrogen) atoms. The molecule has 0 fully saturated rings.